The van der Waals surface area contributed by atoms with Gasteiger partial charge < -0.3 is 5.73 Å². The van der Waals surface area contributed by atoms with Crippen LogP contribution < -0.4 is 5.73 Å². The van der Waals surface area contributed by atoms with E-state index in [9.17, 15) is 4.79 Å². The van der Waals surface area contributed by atoms with Crippen molar-refractivity contribution in [3.63, 3.8) is 0 Å². The maximum Gasteiger partial charge on any atom is 0.144 e. The normalized spacial score (nSPS) is 14.4. The highest BCUT2D eigenvalue weighted by Crippen LogP contribution is 2.23. The average molecular weight is 233 g/mol. The van der Waals surface area contributed by atoms with Gasteiger partial charge >= 0.3 is 0 Å². The van der Waals surface area contributed by atoms with Gasteiger partial charge in [-0.05, 0) is 25.8 Å². The van der Waals surface area contributed by atoms with Gasteiger partial charge in [-0.25, -0.2) is 0 Å². The highest BCUT2D eigenvalue weighted by atomic mass is 16.1. The van der Waals surface area contributed by atoms with Crippen LogP contribution in [0.2, 0.25) is 0 Å². The van der Waals surface area contributed by atoms with Gasteiger partial charge in [0.15, 0.2) is 0 Å². The van der Waals surface area contributed by atoms with Crippen LogP contribution in [0.3, 0.4) is 0 Å². The van der Waals surface area contributed by atoms with E-state index < -0.39 is 0 Å². The standard InChI is InChI=1S/C15H23NO/c1-5-15(4,10-16)14(17)9-13-7-11(2)6-12(3)8-13/h6-8H,5,9-10,16H2,1-4H3. The molecule has 0 spiro atoms. The maximum atomic E-state index is 12.2. The minimum Gasteiger partial charge on any atom is -0.329 e. The Labute approximate surface area is 104 Å². The summed E-state index contributed by atoms with van der Waals surface area (Å²) in [6, 6.07) is 6.28. The third-order valence-corrected chi connectivity index (χ3v) is 3.55. The Balaban J connectivity index is 2.87. The van der Waals surface area contributed by atoms with Crippen LogP contribution in [0.15, 0.2) is 18.2 Å². The number of Topliss-reactive ketones (excluding diaryl/α,β-unsaturated/α-hetero) is 1. The first-order chi connectivity index (χ1) is 7.91. The lowest BCUT2D eigenvalue weighted by atomic mass is 9.80. The monoisotopic (exact) mass is 233 g/mol. The van der Waals surface area contributed by atoms with E-state index in [4.69, 9.17) is 5.73 Å². The van der Waals surface area contributed by atoms with Gasteiger partial charge in [0.2, 0.25) is 0 Å². The summed E-state index contributed by atoms with van der Waals surface area (Å²) in [6.07, 6.45) is 1.29. The van der Waals surface area contributed by atoms with Crippen molar-refractivity contribution in [2.75, 3.05) is 6.54 Å². The Kier molecular flexibility index (Phi) is 4.47. The first-order valence-electron chi connectivity index (χ1n) is 6.22. The van der Waals surface area contributed by atoms with Gasteiger partial charge in [-0.3, -0.25) is 4.79 Å². The van der Waals surface area contributed by atoms with E-state index in [1.165, 1.54) is 11.1 Å². The average Bonchev–Trinajstić information content (AvgIpc) is 2.26. The lowest BCUT2D eigenvalue weighted by molar-refractivity contribution is -0.126. The van der Waals surface area contributed by atoms with Crippen LogP contribution in [0.25, 0.3) is 0 Å². The Bertz CT molecular complexity index is 385. The van der Waals surface area contributed by atoms with E-state index in [-0.39, 0.29) is 11.2 Å². The molecule has 0 aliphatic heterocycles. The van der Waals surface area contributed by atoms with Gasteiger partial charge in [-0.1, -0.05) is 43.2 Å². The fraction of sp³-hybridized carbons (Fsp3) is 0.533. The first-order valence-corrected chi connectivity index (χ1v) is 6.22. The van der Waals surface area contributed by atoms with Crippen molar-refractivity contribution in [3.05, 3.63) is 34.9 Å². The highest BCUT2D eigenvalue weighted by Gasteiger charge is 2.29. The number of benzene rings is 1. The summed E-state index contributed by atoms with van der Waals surface area (Å²) in [7, 11) is 0. The zero-order chi connectivity index (χ0) is 13.1. The molecule has 0 amide bonds. The fourth-order valence-electron chi connectivity index (χ4n) is 2.03. The molecule has 0 saturated carbocycles. The maximum absolute atomic E-state index is 12.2. The molecule has 0 aromatic heterocycles. The van der Waals surface area contributed by atoms with Crippen molar-refractivity contribution >= 4 is 5.78 Å². The van der Waals surface area contributed by atoms with Crippen molar-refractivity contribution in [1.29, 1.82) is 0 Å². The third kappa shape index (κ3) is 3.40. The van der Waals surface area contributed by atoms with Gasteiger partial charge in [0.05, 0.1) is 0 Å². The third-order valence-electron chi connectivity index (χ3n) is 3.55. The number of carbonyl (C=O) groups is 1. The van der Waals surface area contributed by atoms with E-state index in [0.717, 1.165) is 12.0 Å². The smallest absolute Gasteiger partial charge is 0.144 e. The van der Waals surface area contributed by atoms with Crippen LogP contribution in [-0.4, -0.2) is 12.3 Å². The number of hydrogen-bond donors (Lipinski definition) is 1. The van der Waals surface area contributed by atoms with Crippen LogP contribution in [-0.2, 0) is 11.2 Å². The lowest BCUT2D eigenvalue weighted by Crippen LogP contribution is -2.36. The van der Waals surface area contributed by atoms with E-state index in [1.54, 1.807) is 0 Å². The van der Waals surface area contributed by atoms with Crippen molar-refractivity contribution in [2.24, 2.45) is 11.1 Å². The zero-order valence-corrected chi connectivity index (χ0v) is 11.3. The molecule has 0 aliphatic carbocycles. The van der Waals surface area contributed by atoms with Gasteiger partial charge in [0, 0.05) is 18.4 Å². The van der Waals surface area contributed by atoms with Gasteiger partial charge in [-0.2, -0.15) is 0 Å². The molecule has 1 unspecified atom stereocenters. The van der Waals surface area contributed by atoms with Gasteiger partial charge in [-0.15, -0.1) is 0 Å². The van der Waals surface area contributed by atoms with E-state index in [0.29, 0.717) is 13.0 Å². The quantitative estimate of drug-likeness (QED) is 0.849. The molecule has 1 aromatic rings. The highest BCUT2D eigenvalue weighted by molar-refractivity contribution is 5.86. The second-order valence-electron chi connectivity index (χ2n) is 5.21. The molecule has 0 bridgehead atoms. The SMILES string of the molecule is CCC(C)(CN)C(=O)Cc1cc(C)cc(C)c1. The number of rotatable bonds is 5. The summed E-state index contributed by atoms with van der Waals surface area (Å²) < 4.78 is 0. The Hall–Kier alpha value is -1.15. The van der Waals surface area contributed by atoms with Crippen molar-refractivity contribution in [1.82, 2.24) is 0 Å². The van der Waals surface area contributed by atoms with E-state index >= 15 is 0 Å². The molecule has 0 saturated heterocycles. The van der Waals surface area contributed by atoms with Crippen LogP contribution >= 0.6 is 0 Å². The molecule has 0 aliphatic rings. The second-order valence-corrected chi connectivity index (χ2v) is 5.21. The molecule has 0 radical (unpaired) electrons. The van der Waals surface area contributed by atoms with Gasteiger partial charge in [0.25, 0.3) is 0 Å². The predicted octanol–water partition coefficient (Wildman–Crippen LogP) is 2.79. The van der Waals surface area contributed by atoms with Crippen molar-refractivity contribution < 1.29 is 4.79 Å². The summed E-state index contributed by atoms with van der Waals surface area (Å²) in [5, 5.41) is 0. The molecule has 1 rings (SSSR count). The summed E-state index contributed by atoms with van der Waals surface area (Å²) in [4.78, 5) is 12.2. The minimum atomic E-state index is -0.377. The van der Waals surface area contributed by atoms with Gasteiger partial charge in [0.1, 0.15) is 5.78 Å². The zero-order valence-electron chi connectivity index (χ0n) is 11.3. The summed E-state index contributed by atoms with van der Waals surface area (Å²) >= 11 is 0. The van der Waals surface area contributed by atoms with E-state index in [2.05, 4.69) is 32.0 Å². The number of aryl methyl sites for hydroxylation is 2. The number of ketones is 1. The fourth-order valence-corrected chi connectivity index (χ4v) is 2.03. The van der Waals surface area contributed by atoms with Crippen LogP contribution in [0.5, 0.6) is 0 Å². The number of nitrogens with two attached hydrogens (primary N) is 1. The van der Waals surface area contributed by atoms with Crippen LogP contribution in [0.1, 0.15) is 37.0 Å². The molecule has 94 valence electrons. The molecular weight excluding hydrogens is 210 g/mol. The molecule has 0 fully saturated rings. The predicted molar refractivity (Wildman–Crippen MR) is 72.1 cm³/mol. The lowest BCUT2D eigenvalue weighted by Gasteiger charge is -2.24. The Morgan fingerprint density at radius 2 is 1.76 bits per heavy atom. The van der Waals surface area contributed by atoms with Crippen LogP contribution in [0, 0.1) is 19.3 Å². The molecule has 2 heteroatoms. The minimum absolute atomic E-state index is 0.243. The largest absolute Gasteiger partial charge is 0.329 e. The molecule has 0 heterocycles. The molecular formula is C15H23NO. The summed E-state index contributed by atoms with van der Waals surface area (Å²) in [5.41, 5.74) is 8.85. The van der Waals surface area contributed by atoms with E-state index in [1.807, 2.05) is 13.8 Å². The van der Waals surface area contributed by atoms with Crippen molar-refractivity contribution in [2.45, 2.75) is 40.5 Å². The van der Waals surface area contributed by atoms with Crippen molar-refractivity contribution in [3.8, 4) is 0 Å². The Morgan fingerprint density at radius 3 is 2.18 bits per heavy atom. The molecule has 2 N–H and O–H groups in total. The van der Waals surface area contributed by atoms with Crippen LogP contribution in [0.4, 0.5) is 0 Å². The summed E-state index contributed by atoms with van der Waals surface area (Å²) in [5.74, 6) is 0.243. The molecule has 17 heavy (non-hydrogen) atoms. The molecule has 1 atom stereocenters. The molecule has 1 aromatic carbocycles. The first kappa shape index (κ1) is 13.9. The topological polar surface area (TPSA) is 43.1 Å². The second kappa shape index (κ2) is 5.46. The summed E-state index contributed by atoms with van der Waals surface area (Å²) in [6.45, 7) is 8.52. The Morgan fingerprint density at radius 1 is 1.24 bits per heavy atom. The molecule has 2 nitrogen and oxygen atoms in total. The number of carbonyl (C=O) groups excluding carboxylic acids is 1. The number of hydrogen-bond acceptors (Lipinski definition) is 2.